The van der Waals surface area contributed by atoms with E-state index in [2.05, 4.69) is 31.1 Å². The number of nitrogens with one attached hydrogen (secondary N) is 2. The Morgan fingerprint density at radius 1 is 1.08 bits per heavy atom. The van der Waals surface area contributed by atoms with Crippen molar-refractivity contribution in [3.05, 3.63) is 71.3 Å². The molecule has 12 heteroatoms. The van der Waals surface area contributed by atoms with Crippen molar-refractivity contribution in [3.63, 3.8) is 0 Å². The van der Waals surface area contributed by atoms with Crippen molar-refractivity contribution < 1.29 is 13.4 Å². The molecule has 0 radical (unpaired) electrons. The van der Waals surface area contributed by atoms with Gasteiger partial charge in [0.15, 0.2) is 5.65 Å². The Kier molecular flexibility index (Phi) is 7.13. The lowest BCUT2D eigenvalue weighted by molar-refractivity contribution is 0.281. The Morgan fingerprint density at radius 3 is 2.44 bits per heavy atom. The second-order valence-electron chi connectivity index (χ2n) is 8.83. The smallest absolute Gasteiger partial charge is 0.376 e. The first-order valence-electron chi connectivity index (χ1n) is 11.7. The number of nitrogens with zero attached hydrogens (tertiary/aromatic N) is 4. The third kappa shape index (κ3) is 5.32. The van der Waals surface area contributed by atoms with Gasteiger partial charge in [0.1, 0.15) is 5.82 Å². The van der Waals surface area contributed by atoms with Gasteiger partial charge in [-0.1, -0.05) is 30.3 Å². The summed E-state index contributed by atoms with van der Waals surface area (Å²) in [6, 6.07) is 18.3. The van der Waals surface area contributed by atoms with E-state index in [4.69, 9.17) is 4.98 Å². The molecule has 3 heterocycles. The summed E-state index contributed by atoms with van der Waals surface area (Å²) in [6.07, 6.45) is 3.01. The van der Waals surface area contributed by atoms with Crippen LogP contribution in [0.5, 0.6) is 0 Å². The average molecular weight is 569 g/mol. The van der Waals surface area contributed by atoms with Crippen LogP contribution in [0, 0.1) is 0 Å². The molecule has 1 saturated heterocycles. The average Bonchev–Trinajstić information content (AvgIpc) is 3.26. The normalized spacial score (nSPS) is 15.3. The van der Waals surface area contributed by atoms with Crippen LogP contribution in [0.25, 0.3) is 16.9 Å². The predicted molar refractivity (Wildman–Crippen MR) is 145 cm³/mol. The van der Waals surface area contributed by atoms with Gasteiger partial charge < -0.3 is 15.2 Å². The van der Waals surface area contributed by atoms with Crippen LogP contribution in [0.3, 0.4) is 0 Å². The summed E-state index contributed by atoms with van der Waals surface area (Å²) in [7, 11) is -4.17. The highest BCUT2D eigenvalue weighted by molar-refractivity contribution is 9.10. The molecule has 1 aliphatic rings. The molecule has 0 aliphatic carbocycles. The van der Waals surface area contributed by atoms with Crippen molar-refractivity contribution in [1.29, 1.82) is 0 Å². The molecule has 36 heavy (non-hydrogen) atoms. The fourth-order valence-corrected chi connectivity index (χ4v) is 5.98. The highest BCUT2D eigenvalue weighted by atomic mass is 79.9. The SMILES string of the molecule is CB(O)N1CCC(NS(=O)(=O)c2ccc(Nc3cc(-c4ccccc4)nc4c(Br)cnn34)cc2)CC1. The second kappa shape index (κ2) is 10.3. The second-order valence-corrected chi connectivity index (χ2v) is 11.4. The van der Waals surface area contributed by atoms with Gasteiger partial charge in [0.25, 0.3) is 0 Å². The maximum atomic E-state index is 12.9. The zero-order valence-corrected chi connectivity index (χ0v) is 22.1. The van der Waals surface area contributed by atoms with Crippen LogP contribution in [0.1, 0.15) is 12.8 Å². The van der Waals surface area contributed by atoms with E-state index in [0.29, 0.717) is 37.4 Å². The molecule has 5 rings (SSSR count). The molecule has 4 aromatic rings. The molecule has 0 spiro atoms. The summed E-state index contributed by atoms with van der Waals surface area (Å²) in [5.41, 5.74) is 3.15. The third-order valence-electron chi connectivity index (χ3n) is 6.32. The Bertz CT molecular complexity index is 1460. The molecule has 2 aromatic heterocycles. The van der Waals surface area contributed by atoms with E-state index in [1.165, 1.54) is 0 Å². The van der Waals surface area contributed by atoms with Gasteiger partial charge in [-0.2, -0.15) is 9.61 Å². The number of aromatic nitrogens is 3. The molecule has 0 unspecified atom stereocenters. The van der Waals surface area contributed by atoms with Crippen LogP contribution in [0.2, 0.25) is 6.82 Å². The van der Waals surface area contributed by atoms with E-state index < -0.39 is 17.1 Å². The van der Waals surface area contributed by atoms with Crippen LogP contribution in [-0.2, 0) is 10.0 Å². The van der Waals surface area contributed by atoms with Gasteiger partial charge in [-0.15, -0.1) is 0 Å². The standard InChI is InChI=1S/C24H26BBrN6O3S/c1-25(33)31-13-11-19(12-14-31)30-36(34,35)20-9-7-18(8-10-20)28-23-15-22(17-5-3-2-4-6-17)29-24-21(26)16-27-32(23)24/h2-10,15-16,19,28,30,33H,11-14H2,1H3. The quantitative estimate of drug-likeness (QED) is 0.291. The molecule has 9 nitrogen and oxygen atoms in total. The Labute approximate surface area is 218 Å². The molecule has 1 aliphatic heterocycles. The lowest BCUT2D eigenvalue weighted by Crippen LogP contribution is -2.48. The third-order valence-corrected chi connectivity index (χ3v) is 8.41. The predicted octanol–water partition coefficient (Wildman–Crippen LogP) is 3.76. The molecule has 0 saturated carbocycles. The molecule has 2 aromatic carbocycles. The number of hydrogen-bond acceptors (Lipinski definition) is 7. The number of rotatable bonds is 7. The summed E-state index contributed by atoms with van der Waals surface area (Å²) in [4.78, 5) is 6.87. The van der Waals surface area contributed by atoms with E-state index in [-0.39, 0.29) is 10.9 Å². The van der Waals surface area contributed by atoms with Gasteiger partial charge in [0.05, 0.1) is 21.3 Å². The number of halogens is 1. The number of piperidine rings is 1. The van der Waals surface area contributed by atoms with Crippen molar-refractivity contribution >= 4 is 50.2 Å². The fraction of sp³-hybridized carbons (Fsp3) is 0.250. The van der Waals surface area contributed by atoms with E-state index in [9.17, 15) is 13.4 Å². The van der Waals surface area contributed by atoms with Crippen molar-refractivity contribution in [2.75, 3.05) is 18.4 Å². The maximum Gasteiger partial charge on any atom is 0.376 e. The first-order chi connectivity index (χ1) is 17.3. The molecule has 1 fully saturated rings. The van der Waals surface area contributed by atoms with Gasteiger partial charge in [0.2, 0.25) is 10.0 Å². The van der Waals surface area contributed by atoms with Crippen LogP contribution < -0.4 is 10.0 Å². The van der Waals surface area contributed by atoms with Crippen LogP contribution in [0.4, 0.5) is 11.5 Å². The molecule has 0 atom stereocenters. The van der Waals surface area contributed by atoms with Crippen molar-refractivity contribution in [2.45, 2.75) is 30.6 Å². The molecule has 3 N–H and O–H groups in total. The number of anilines is 2. The molecular formula is C24H26BBrN6O3S. The lowest BCUT2D eigenvalue weighted by atomic mass is 9.82. The minimum atomic E-state index is -3.65. The summed E-state index contributed by atoms with van der Waals surface area (Å²) < 4.78 is 31.2. The van der Waals surface area contributed by atoms with Crippen molar-refractivity contribution in [2.24, 2.45) is 0 Å². The molecule has 186 valence electrons. The Morgan fingerprint density at radius 2 is 1.78 bits per heavy atom. The largest absolute Gasteiger partial charge is 0.437 e. The van der Waals surface area contributed by atoms with Crippen LogP contribution >= 0.6 is 15.9 Å². The van der Waals surface area contributed by atoms with Crippen molar-refractivity contribution in [1.82, 2.24) is 24.1 Å². The van der Waals surface area contributed by atoms with E-state index in [0.717, 1.165) is 21.4 Å². The molecular weight excluding hydrogens is 543 g/mol. The van der Waals surface area contributed by atoms with Gasteiger partial charge in [-0.3, -0.25) is 0 Å². The summed E-state index contributed by atoms with van der Waals surface area (Å²) >= 11 is 3.51. The van der Waals surface area contributed by atoms with Gasteiger partial charge in [-0.05, 0) is 72.9 Å². The first-order valence-corrected chi connectivity index (χ1v) is 14.0. The first kappa shape index (κ1) is 24.9. The summed E-state index contributed by atoms with van der Waals surface area (Å²) in [5, 5.41) is 17.5. The molecule has 0 amide bonds. The van der Waals surface area contributed by atoms with Crippen LogP contribution in [-0.4, -0.2) is 59.0 Å². The van der Waals surface area contributed by atoms with E-state index in [1.54, 1.807) is 41.8 Å². The zero-order valence-electron chi connectivity index (χ0n) is 19.7. The van der Waals surface area contributed by atoms with Gasteiger partial charge in [-0.25, -0.2) is 18.1 Å². The number of benzene rings is 2. The number of sulfonamides is 1. The Hall–Kier alpha value is -2.77. The van der Waals surface area contributed by atoms with Crippen molar-refractivity contribution in [3.8, 4) is 11.3 Å². The summed E-state index contributed by atoms with van der Waals surface area (Å²) in [5.74, 6) is 0.697. The highest BCUT2D eigenvalue weighted by Crippen LogP contribution is 2.28. The fourth-order valence-electron chi connectivity index (χ4n) is 4.33. The number of fused-ring (bicyclic) bond motifs is 1. The minimum Gasteiger partial charge on any atom is -0.437 e. The monoisotopic (exact) mass is 568 g/mol. The lowest BCUT2D eigenvalue weighted by Gasteiger charge is -2.32. The highest BCUT2D eigenvalue weighted by Gasteiger charge is 2.27. The van der Waals surface area contributed by atoms with Crippen LogP contribution in [0.15, 0.2) is 76.2 Å². The summed E-state index contributed by atoms with van der Waals surface area (Å²) in [6.45, 7) is 3.04. The topological polar surface area (TPSA) is 112 Å². The van der Waals surface area contributed by atoms with Gasteiger partial charge >= 0.3 is 7.05 Å². The number of hydrogen-bond donors (Lipinski definition) is 3. The Balaban J connectivity index is 1.34. The minimum absolute atomic E-state index is 0.150. The molecule has 0 bridgehead atoms. The zero-order chi connectivity index (χ0) is 25.3. The van der Waals surface area contributed by atoms with Gasteiger partial charge in [0, 0.05) is 23.4 Å². The van der Waals surface area contributed by atoms with E-state index >= 15 is 0 Å². The van der Waals surface area contributed by atoms with E-state index in [1.807, 2.05) is 41.2 Å². The maximum absolute atomic E-state index is 12.9.